The Hall–Kier alpha value is -0.900. The van der Waals surface area contributed by atoms with Gasteiger partial charge >= 0.3 is 0 Å². The maximum absolute atomic E-state index is 13.6. The second kappa shape index (κ2) is 4.77. The molecule has 0 N–H and O–H groups in total. The van der Waals surface area contributed by atoms with Gasteiger partial charge in [0.05, 0.1) is 15.6 Å². The summed E-state index contributed by atoms with van der Waals surface area (Å²) in [4.78, 5) is 3.36. The summed E-state index contributed by atoms with van der Waals surface area (Å²) in [5, 5.41) is 0.412. The van der Waals surface area contributed by atoms with E-state index in [2.05, 4.69) is 4.98 Å². The number of hydrogen-bond donors (Lipinski definition) is 0. The zero-order valence-electron chi connectivity index (χ0n) is 8.15. The molecule has 0 aliphatic carbocycles. The van der Waals surface area contributed by atoms with Gasteiger partial charge in [-0.05, 0) is 18.2 Å². The molecule has 0 spiro atoms. The highest BCUT2D eigenvalue weighted by atomic mass is 35.5. The largest absolute Gasteiger partial charge is 0.228 e. The van der Waals surface area contributed by atoms with Crippen LogP contribution in [0.1, 0.15) is 0 Å². The molecule has 6 heteroatoms. The number of nitrogens with zero attached hydrogens (tertiary/aromatic N) is 1. The van der Waals surface area contributed by atoms with E-state index in [4.69, 9.17) is 34.8 Å². The summed E-state index contributed by atoms with van der Waals surface area (Å²) in [5.74, 6) is -1.76. The average molecular weight is 295 g/mol. The van der Waals surface area contributed by atoms with Crippen molar-refractivity contribution < 1.29 is 8.78 Å². The van der Waals surface area contributed by atoms with Gasteiger partial charge < -0.3 is 0 Å². The van der Waals surface area contributed by atoms with Gasteiger partial charge in [0, 0.05) is 16.8 Å². The summed E-state index contributed by atoms with van der Waals surface area (Å²) >= 11 is 17.5. The molecule has 0 aliphatic rings. The molecule has 17 heavy (non-hydrogen) atoms. The van der Waals surface area contributed by atoms with Crippen LogP contribution in [-0.4, -0.2) is 4.98 Å². The first-order valence-corrected chi connectivity index (χ1v) is 5.59. The van der Waals surface area contributed by atoms with E-state index in [1.807, 2.05) is 0 Å². The fourth-order valence-electron chi connectivity index (χ4n) is 1.42. The predicted octanol–water partition coefficient (Wildman–Crippen LogP) is 4.99. The first-order chi connectivity index (χ1) is 8.00. The quantitative estimate of drug-likeness (QED) is 0.675. The molecule has 2 rings (SSSR count). The number of aromatic nitrogens is 1. The van der Waals surface area contributed by atoms with Crippen molar-refractivity contribution in [3.8, 4) is 11.1 Å². The lowest BCUT2D eigenvalue weighted by molar-refractivity contribution is 0.558. The molecule has 1 heterocycles. The molecule has 0 unspecified atom stereocenters. The van der Waals surface area contributed by atoms with E-state index in [1.54, 1.807) is 0 Å². The molecule has 2 aromatic rings. The van der Waals surface area contributed by atoms with Crippen molar-refractivity contribution in [2.45, 2.75) is 0 Å². The van der Waals surface area contributed by atoms with Gasteiger partial charge in [-0.2, -0.15) is 4.39 Å². The zero-order valence-corrected chi connectivity index (χ0v) is 10.4. The molecule has 0 bridgehead atoms. The van der Waals surface area contributed by atoms with Crippen LogP contribution in [0.5, 0.6) is 0 Å². The van der Waals surface area contributed by atoms with Crippen molar-refractivity contribution in [1.82, 2.24) is 4.98 Å². The van der Waals surface area contributed by atoms with Crippen LogP contribution in [0.25, 0.3) is 11.1 Å². The van der Waals surface area contributed by atoms with Gasteiger partial charge in [0.2, 0.25) is 5.95 Å². The third kappa shape index (κ3) is 2.37. The van der Waals surface area contributed by atoms with E-state index in [0.717, 1.165) is 12.3 Å². The highest BCUT2D eigenvalue weighted by molar-refractivity contribution is 6.41. The molecule has 0 aliphatic heterocycles. The fourth-order valence-corrected chi connectivity index (χ4v) is 2.42. The Kier molecular flexibility index (Phi) is 3.52. The topological polar surface area (TPSA) is 12.9 Å². The highest BCUT2D eigenvalue weighted by Crippen LogP contribution is 2.38. The number of pyridine rings is 1. The van der Waals surface area contributed by atoms with Gasteiger partial charge in [0.25, 0.3) is 0 Å². The van der Waals surface area contributed by atoms with Gasteiger partial charge in [0.1, 0.15) is 5.82 Å². The number of rotatable bonds is 1. The van der Waals surface area contributed by atoms with Crippen LogP contribution < -0.4 is 0 Å². The molecule has 88 valence electrons. The van der Waals surface area contributed by atoms with Gasteiger partial charge in [-0.3, -0.25) is 0 Å². The summed E-state index contributed by atoms with van der Waals surface area (Å²) in [6.45, 7) is 0. The van der Waals surface area contributed by atoms with Crippen LogP contribution in [0, 0.1) is 11.8 Å². The monoisotopic (exact) mass is 293 g/mol. The first-order valence-electron chi connectivity index (χ1n) is 4.45. The van der Waals surface area contributed by atoms with E-state index in [-0.39, 0.29) is 26.2 Å². The van der Waals surface area contributed by atoms with Crippen LogP contribution in [0.15, 0.2) is 24.4 Å². The van der Waals surface area contributed by atoms with E-state index in [1.165, 1.54) is 12.1 Å². The zero-order chi connectivity index (χ0) is 12.6. The smallest absolute Gasteiger partial charge is 0.223 e. The minimum Gasteiger partial charge on any atom is -0.228 e. The van der Waals surface area contributed by atoms with Gasteiger partial charge in [0.15, 0.2) is 0 Å². The van der Waals surface area contributed by atoms with Crippen LogP contribution in [0.2, 0.25) is 15.1 Å². The minimum atomic E-state index is -0.976. The van der Waals surface area contributed by atoms with Crippen LogP contribution in [-0.2, 0) is 0 Å². The third-order valence-corrected chi connectivity index (χ3v) is 2.93. The van der Waals surface area contributed by atoms with Crippen molar-refractivity contribution in [3.05, 3.63) is 51.2 Å². The maximum Gasteiger partial charge on any atom is 0.223 e. The van der Waals surface area contributed by atoms with Crippen molar-refractivity contribution in [1.29, 1.82) is 0 Å². The molecular weight excluding hydrogens is 290 g/mol. The Balaban J connectivity index is 2.77. The third-order valence-electron chi connectivity index (χ3n) is 2.11. The molecule has 1 nitrogen and oxygen atoms in total. The Labute approximate surface area is 111 Å². The molecule has 0 radical (unpaired) electrons. The van der Waals surface area contributed by atoms with Crippen LogP contribution >= 0.6 is 34.8 Å². The second-order valence-electron chi connectivity index (χ2n) is 3.20. The molecule has 1 aromatic heterocycles. The molecule has 0 saturated heterocycles. The standard InChI is InChI=1S/C11H4Cl3F2N/c12-5-3-6(13)9(7(14)4-5)10-8(15)1-2-17-11(10)16/h1-4H. The molecular formula is C11H4Cl3F2N. The minimum absolute atomic E-state index is 0.0424. The molecule has 1 aromatic carbocycles. The molecule has 0 amide bonds. The first kappa shape index (κ1) is 12.6. The summed E-state index contributed by atoms with van der Waals surface area (Å²) < 4.78 is 27.1. The van der Waals surface area contributed by atoms with Gasteiger partial charge in [-0.1, -0.05) is 34.8 Å². The summed E-state index contributed by atoms with van der Waals surface area (Å²) in [7, 11) is 0. The SMILES string of the molecule is Fc1ccnc(F)c1-c1c(Cl)cc(Cl)cc1Cl. The average Bonchev–Trinajstić information content (AvgIpc) is 2.21. The van der Waals surface area contributed by atoms with E-state index >= 15 is 0 Å². The normalized spacial score (nSPS) is 10.6. The van der Waals surface area contributed by atoms with Crippen LogP contribution in [0.4, 0.5) is 8.78 Å². The molecule has 0 atom stereocenters. The lowest BCUT2D eigenvalue weighted by Gasteiger charge is -2.09. The van der Waals surface area contributed by atoms with Crippen molar-refractivity contribution in [2.24, 2.45) is 0 Å². The Morgan fingerprint density at radius 2 is 1.53 bits per heavy atom. The lowest BCUT2D eigenvalue weighted by atomic mass is 10.1. The van der Waals surface area contributed by atoms with Crippen LogP contribution in [0.3, 0.4) is 0 Å². The maximum atomic E-state index is 13.6. The van der Waals surface area contributed by atoms with E-state index < -0.39 is 11.8 Å². The fraction of sp³-hybridized carbons (Fsp3) is 0. The highest BCUT2D eigenvalue weighted by Gasteiger charge is 2.18. The number of benzene rings is 1. The molecule has 0 saturated carbocycles. The summed E-state index contributed by atoms with van der Waals surface area (Å²) in [6, 6.07) is 3.74. The predicted molar refractivity (Wildman–Crippen MR) is 64.6 cm³/mol. The van der Waals surface area contributed by atoms with E-state index in [0.29, 0.717) is 0 Å². The second-order valence-corrected chi connectivity index (χ2v) is 4.45. The van der Waals surface area contributed by atoms with Gasteiger partial charge in [-0.25, -0.2) is 9.37 Å². The number of halogens is 5. The molecule has 0 fully saturated rings. The van der Waals surface area contributed by atoms with Crippen molar-refractivity contribution in [3.63, 3.8) is 0 Å². The van der Waals surface area contributed by atoms with Crippen molar-refractivity contribution in [2.75, 3.05) is 0 Å². The Bertz CT molecular complexity index is 544. The lowest BCUT2D eigenvalue weighted by Crippen LogP contribution is -1.94. The van der Waals surface area contributed by atoms with E-state index in [9.17, 15) is 8.78 Å². The van der Waals surface area contributed by atoms with Crippen molar-refractivity contribution >= 4 is 34.8 Å². The Morgan fingerprint density at radius 3 is 2.06 bits per heavy atom. The number of hydrogen-bond acceptors (Lipinski definition) is 1. The Morgan fingerprint density at radius 1 is 0.941 bits per heavy atom. The summed E-state index contributed by atoms with van der Waals surface area (Å²) in [6.07, 6.45) is 1.02. The van der Waals surface area contributed by atoms with Gasteiger partial charge in [-0.15, -0.1) is 0 Å². The summed E-state index contributed by atoms with van der Waals surface area (Å²) in [5.41, 5.74) is -0.319.